The van der Waals surface area contributed by atoms with Gasteiger partial charge in [0.05, 0.1) is 11.2 Å². The standard InChI is InChI=1S/C16H19ClN2S/c1-11-5-7-16(18,8-6-11)15-19-14(10-20-15)12-3-2-4-13(17)9-12/h2-4,9-11H,5-8,18H2,1H3. The van der Waals surface area contributed by atoms with Gasteiger partial charge >= 0.3 is 0 Å². The summed E-state index contributed by atoms with van der Waals surface area (Å²) in [6.45, 7) is 2.30. The lowest BCUT2D eigenvalue weighted by molar-refractivity contribution is 0.247. The molecule has 4 heteroatoms. The van der Waals surface area contributed by atoms with Crippen molar-refractivity contribution in [3.63, 3.8) is 0 Å². The van der Waals surface area contributed by atoms with Gasteiger partial charge in [-0.15, -0.1) is 11.3 Å². The minimum absolute atomic E-state index is 0.228. The van der Waals surface area contributed by atoms with E-state index in [-0.39, 0.29) is 5.54 Å². The fraction of sp³-hybridized carbons (Fsp3) is 0.438. The van der Waals surface area contributed by atoms with Gasteiger partial charge in [-0.05, 0) is 43.7 Å². The van der Waals surface area contributed by atoms with Crippen molar-refractivity contribution >= 4 is 22.9 Å². The lowest BCUT2D eigenvalue weighted by Crippen LogP contribution is -2.40. The average molecular weight is 307 g/mol. The van der Waals surface area contributed by atoms with Crippen molar-refractivity contribution in [3.8, 4) is 11.3 Å². The maximum absolute atomic E-state index is 6.59. The molecule has 2 N–H and O–H groups in total. The quantitative estimate of drug-likeness (QED) is 0.863. The van der Waals surface area contributed by atoms with Crippen LogP contribution in [0.1, 0.15) is 37.6 Å². The van der Waals surface area contributed by atoms with Crippen LogP contribution >= 0.6 is 22.9 Å². The van der Waals surface area contributed by atoms with E-state index in [1.54, 1.807) is 11.3 Å². The zero-order valence-corrected chi connectivity index (χ0v) is 13.2. The third-order valence-electron chi connectivity index (χ3n) is 4.22. The van der Waals surface area contributed by atoms with Crippen LogP contribution in [0.2, 0.25) is 5.02 Å². The van der Waals surface area contributed by atoms with Gasteiger partial charge in [0, 0.05) is 16.0 Å². The van der Waals surface area contributed by atoms with Gasteiger partial charge in [-0.3, -0.25) is 0 Å². The first kappa shape index (κ1) is 14.1. The van der Waals surface area contributed by atoms with E-state index in [4.69, 9.17) is 22.3 Å². The molecule has 2 aromatic rings. The van der Waals surface area contributed by atoms with Gasteiger partial charge in [-0.2, -0.15) is 0 Å². The smallest absolute Gasteiger partial charge is 0.113 e. The van der Waals surface area contributed by atoms with Crippen LogP contribution in [0.25, 0.3) is 11.3 Å². The number of thiazole rings is 1. The topological polar surface area (TPSA) is 38.9 Å². The van der Waals surface area contributed by atoms with Gasteiger partial charge in [0.15, 0.2) is 0 Å². The van der Waals surface area contributed by atoms with Crippen LogP contribution in [-0.4, -0.2) is 4.98 Å². The molecule has 106 valence electrons. The maximum Gasteiger partial charge on any atom is 0.113 e. The minimum Gasteiger partial charge on any atom is -0.319 e. The molecule has 1 aliphatic carbocycles. The summed E-state index contributed by atoms with van der Waals surface area (Å²) < 4.78 is 0. The first-order chi connectivity index (χ1) is 9.57. The number of nitrogens with zero attached hydrogens (tertiary/aromatic N) is 1. The Morgan fingerprint density at radius 1 is 1.35 bits per heavy atom. The molecule has 2 nitrogen and oxygen atoms in total. The fourth-order valence-corrected chi connectivity index (χ4v) is 3.97. The summed E-state index contributed by atoms with van der Waals surface area (Å²) >= 11 is 7.72. The van der Waals surface area contributed by atoms with E-state index < -0.39 is 0 Å². The average Bonchev–Trinajstić information content (AvgIpc) is 2.93. The summed E-state index contributed by atoms with van der Waals surface area (Å²) in [5, 5.41) is 3.90. The molecule has 0 atom stereocenters. The van der Waals surface area contributed by atoms with E-state index in [0.29, 0.717) is 0 Å². The van der Waals surface area contributed by atoms with Gasteiger partial charge in [-0.25, -0.2) is 4.98 Å². The third-order valence-corrected chi connectivity index (χ3v) is 5.51. The van der Waals surface area contributed by atoms with Crippen LogP contribution in [0.5, 0.6) is 0 Å². The summed E-state index contributed by atoms with van der Waals surface area (Å²) in [5.74, 6) is 0.791. The second kappa shape index (κ2) is 5.47. The van der Waals surface area contributed by atoms with Crippen LogP contribution < -0.4 is 5.73 Å². The summed E-state index contributed by atoms with van der Waals surface area (Å²) in [7, 11) is 0. The minimum atomic E-state index is -0.228. The van der Waals surface area contributed by atoms with Crippen molar-refractivity contribution in [2.24, 2.45) is 11.7 Å². The zero-order valence-electron chi connectivity index (χ0n) is 11.6. The molecule has 0 bridgehead atoms. The van der Waals surface area contributed by atoms with E-state index in [1.807, 2.05) is 24.3 Å². The molecule has 0 radical (unpaired) electrons. The van der Waals surface area contributed by atoms with E-state index >= 15 is 0 Å². The predicted molar refractivity (Wildman–Crippen MR) is 86.1 cm³/mol. The highest BCUT2D eigenvalue weighted by molar-refractivity contribution is 7.10. The predicted octanol–water partition coefficient (Wildman–Crippen LogP) is 4.83. The first-order valence-corrected chi connectivity index (χ1v) is 8.33. The zero-order chi connectivity index (χ0) is 14.2. The van der Waals surface area contributed by atoms with E-state index in [9.17, 15) is 0 Å². The summed E-state index contributed by atoms with van der Waals surface area (Å²) in [6.07, 6.45) is 4.47. The van der Waals surface area contributed by atoms with E-state index in [2.05, 4.69) is 12.3 Å². The largest absolute Gasteiger partial charge is 0.319 e. The maximum atomic E-state index is 6.59. The van der Waals surface area contributed by atoms with Crippen LogP contribution in [0.15, 0.2) is 29.6 Å². The van der Waals surface area contributed by atoms with Gasteiger partial charge in [-0.1, -0.05) is 30.7 Å². The van der Waals surface area contributed by atoms with Gasteiger partial charge in [0.1, 0.15) is 5.01 Å². The summed E-state index contributed by atoms with van der Waals surface area (Å²) in [4.78, 5) is 4.78. The fourth-order valence-electron chi connectivity index (χ4n) is 2.77. The molecule has 1 aromatic carbocycles. The highest BCUT2D eigenvalue weighted by atomic mass is 35.5. The number of hydrogen-bond donors (Lipinski definition) is 1. The molecular formula is C16H19ClN2S. The Kier molecular flexibility index (Phi) is 3.85. The van der Waals surface area contributed by atoms with Crippen molar-refractivity contribution < 1.29 is 0 Å². The van der Waals surface area contributed by atoms with Crippen molar-refractivity contribution in [3.05, 3.63) is 39.7 Å². The normalized spacial score (nSPS) is 26.6. The van der Waals surface area contributed by atoms with Crippen LogP contribution in [0.4, 0.5) is 0 Å². The summed E-state index contributed by atoms with van der Waals surface area (Å²) in [6, 6.07) is 7.83. The second-order valence-corrected chi connectivity index (χ2v) is 7.18. The highest BCUT2D eigenvalue weighted by Gasteiger charge is 2.34. The molecule has 1 heterocycles. The van der Waals surface area contributed by atoms with Crippen LogP contribution in [-0.2, 0) is 5.54 Å². The lowest BCUT2D eigenvalue weighted by Gasteiger charge is -2.34. The van der Waals surface area contributed by atoms with Gasteiger partial charge in [0.2, 0.25) is 0 Å². The van der Waals surface area contributed by atoms with Gasteiger partial charge in [0.25, 0.3) is 0 Å². The van der Waals surface area contributed by atoms with E-state index in [1.165, 1.54) is 12.8 Å². The van der Waals surface area contributed by atoms with Crippen LogP contribution in [0.3, 0.4) is 0 Å². The lowest BCUT2D eigenvalue weighted by atomic mass is 9.78. The molecule has 3 rings (SSSR count). The SMILES string of the molecule is CC1CCC(N)(c2nc(-c3cccc(Cl)c3)cs2)CC1. The molecular weight excluding hydrogens is 288 g/mol. The van der Waals surface area contributed by atoms with Crippen molar-refractivity contribution in [1.29, 1.82) is 0 Å². The Hall–Kier alpha value is -0.900. The molecule has 0 spiro atoms. The Morgan fingerprint density at radius 3 is 2.80 bits per heavy atom. The Labute approximate surface area is 129 Å². The Morgan fingerprint density at radius 2 is 2.10 bits per heavy atom. The molecule has 1 aromatic heterocycles. The number of hydrogen-bond acceptors (Lipinski definition) is 3. The Balaban J connectivity index is 1.87. The third kappa shape index (κ3) is 2.76. The van der Waals surface area contributed by atoms with Crippen molar-refractivity contribution in [2.75, 3.05) is 0 Å². The molecule has 1 saturated carbocycles. The van der Waals surface area contributed by atoms with Crippen LogP contribution in [0, 0.1) is 5.92 Å². The second-order valence-electron chi connectivity index (χ2n) is 5.89. The summed E-state index contributed by atoms with van der Waals surface area (Å²) in [5.41, 5.74) is 8.40. The highest BCUT2D eigenvalue weighted by Crippen LogP contribution is 2.39. The van der Waals surface area contributed by atoms with Crippen molar-refractivity contribution in [2.45, 2.75) is 38.1 Å². The Bertz CT molecular complexity index is 600. The van der Waals surface area contributed by atoms with Crippen molar-refractivity contribution in [1.82, 2.24) is 4.98 Å². The first-order valence-electron chi connectivity index (χ1n) is 7.08. The monoisotopic (exact) mass is 306 g/mol. The number of halogens is 1. The molecule has 0 unspecified atom stereocenters. The molecule has 0 aliphatic heterocycles. The molecule has 1 aliphatic rings. The number of nitrogens with two attached hydrogens (primary N) is 1. The molecule has 20 heavy (non-hydrogen) atoms. The van der Waals surface area contributed by atoms with E-state index in [0.717, 1.165) is 40.0 Å². The molecule has 1 fully saturated rings. The molecule has 0 saturated heterocycles. The number of rotatable bonds is 2. The molecule has 0 amide bonds. The number of aromatic nitrogens is 1. The number of benzene rings is 1. The van der Waals surface area contributed by atoms with Gasteiger partial charge < -0.3 is 5.73 Å².